The first-order valence-corrected chi connectivity index (χ1v) is 5.39. The molecule has 0 heterocycles. The lowest BCUT2D eigenvalue weighted by molar-refractivity contribution is -0.139. The van der Waals surface area contributed by atoms with Crippen molar-refractivity contribution in [3.05, 3.63) is 29.8 Å². The van der Waals surface area contributed by atoms with Crippen LogP contribution in [0, 0.1) is 0 Å². The summed E-state index contributed by atoms with van der Waals surface area (Å²) in [5.41, 5.74) is 0.637. The predicted octanol–water partition coefficient (Wildman–Crippen LogP) is 1.57. The number of carboxylic acids is 1. The SMILES string of the molecule is CSc1ccc(C(CO)C(=O)O)cc1. The lowest BCUT2D eigenvalue weighted by Crippen LogP contribution is -2.15. The molecule has 0 spiro atoms. The number of aliphatic carboxylic acids is 1. The van der Waals surface area contributed by atoms with Crippen LogP contribution in [0.25, 0.3) is 0 Å². The zero-order chi connectivity index (χ0) is 10.6. The van der Waals surface area contributed by atoms with Gasteiger partial charge in [0, 0.05) is 4.90 Å². The zero-order valence-electron chi connectivity index (χ0n) is 7.80. The van der Waals surface area contributed by atoms with Crippen molar-refractivity contribution in [2.45, 2.75) is 10.8 Å². The van der Waals surface area contributed by atoms with Crippen LogP contribution in [0.15, 0.2) is 29.2 Å². The number of carbonyl (C=O) groups is 1. The summed E-state index contributed by atoms with van der Waals surface area (Å²) in [4.78, 5) is 11.8. The molecule has 3 nitrogen and oxygen atoms in total. The first-order valence-electron chi connectivity index (χ1n) is 4.16. The Morgan fingerprint density at radius 2 is 2.00 bits per heavy atom. The van der Waals surface area contributed by atoms with Gasteiger partial charge in [0.2, 0.25) is 0 Å². The molecule has 76 valence electrons. The quantitative estimate of drug-likeness (QED) is 0.744. The molecule has 0 fully saturated rings. The normalized spacial score (nSPS) is 12.4. The molecular weight excluding hydrogens is 200 g/mol. The Morgan fingerprint density at radius 1 is 1.43 bits per heavy atom. The Morgan fingerprint density at radius 3 is 2.36 bits per heavy atom. The number of hydrogen-bond donors (Lipinski definition) is 2. The third kappa shape index (κ3) is 2.49. The molecular formula is C10H12O3S. The van der Waals surface area contributed by atoms with E-state index in [2.05, 4.69) is 0 Å². The molecule has 14 heavy (non-hydrogen) atoms. The summed E-state index contributed by atoms with van der Waals surface area (Å²) in [6.07, 6.45) is 1.95. The molecule has 1 unspecified atom stereocenters. The third-order valence-electron chi connectivity index (χ3n) is 2.00. The van der Waals surface area contributed by atoms with E-state index in [4.69, 9.17) is 10.2 Å². The van der Waals surface area contributed by atoms with Crippen LogP contribution in [-0.4, -0.2) is 29.0 Å². The van der Waals surface area contributed by atoms with Crippen LogP contribution in [0.1, 0.15) is 11.5 Å². The van der Waals surface area contributed by atoms with Crippen molar-refractivity contribution in [2.75, 3.05) is 12.9 Å². The Hall–Kier alpha value is -1.00. The van der Waals surface area contributed by atoms with Gasteiger partial charge in [-0.3, -0.25) is 4.79 Å². The maximum atomic E-state index is 10.7. The summed E-state index contributed by atoms with van der Waals surface area (Å²) in [6.45, 7) is -0.367. The molecule has 0 radical (unpaired) electrons. The second-order valence-electron chi connectivity index (χ2n) is 2.85. The van der Waals surface area contributed by atoms with Gasteiger partial charge in [0.15, 0.2) is 0 Å². The number of benzene rings is 1. The van der Waals surface area contributed by atoms with E-state index in [0.717, 1.165) is 4.90 Å². The Labute approximate surface area is 86.8 Å². The Bertz CT molecular complexity index is 308. The summed E-state index contributed by atoms with van der Waals surface area (Å²) in [6, 6.07) is 7.18. The first kappa shape index (κ1) is 11.1. The molecule has 1 aromatic rings. The van der Waals surface area contributed by atoms with E-state index in [9.17, 15) is 4.79 Å². The lowest BCUT2D eigenvalue weighted by atomic mass is 10.0. The van der Waals surface area contributed by atoms with Crippen LogP contribution >= 0.6 is 11.8 Å². The van der Waals surface area contributed by atoms with Crippen LogP contribution in [-0.2, 0) is 4.79 Å². The molecule has 1 rings (SSSR count). The highest BCUT2D eigenvalue weighted by atomic mass is 32.2. The topological polar surface area (TPSA) is 57.5 Å². The van der Waals surface area contributed by atoms with Gasteiger partial charge in [-0.1, -0.05) is 12.1 Å². The summed E-state index contributed by atoms with van der Waals surface area (Å²) in [5, 5.41) is 17.7. The number of hydrogen-bond acceptors (Lipinski definition) is 3. The van der Waals surface area contributed by atoms with Gasteiger partial charge < -0.3 is 10.2 Å². The van der Waals surface area contributed by atoms with Crippen LogP contribution in [0.5, 0.6) is 0 Å². The van der Waals surface area contributed by atoms with E-state index in [0.29, 0.717) is 5.56 Å². The predicted molar refractivity (Wildman–Crippen MR) is 55.7 cm³/mol. The molecule has 0 bridgehead atoms. The lowest BCUT2D eigenvalue weighted by Gasteiger charge is -2.09. The minimum atomic E-state index is -0.996. The van der Waals surface area contributed by atoms with Gasteiger partial charge in [0.25, 0.3) is 0 Å². The second-order valence-corrected chi connectivity index (χ2v) is 3.73. The van der Waals surface area contributed by atoms with Crippen LogP contribution < -0.4 is 0 Å². The number of thioether (sulfide) groups is 1. The van der Waals surface area contributed by atoms with E-state index >= 15 is 0 Å². The van der Waals surface area contributed by atoms with Crippen molar-refractivity contribution in [3.63, 3.8) is 0 Å². The molecule has 0 amide bonds. The molecule has 1 atom stereocenters. The van der Waals surface area contributed by atoms with Crippen molar-refractivity contribution in [2.24, 2.45) is 0 Å². The molecule has 1 aromatic carbocycles. The van der Waals surface area contributed by atoms with Gasteiger partial charge in [0.05, 0.1) is 6.61 Å². The number of carboxylic acid groups (broad SMARTS) is 1. The standard InChI is InChI=1S/C10H12O3S/c1-14-8-4-2-7(3-5-8)9(6-11)10(12)13/h2-5,9,11H,6H2,1H3,(H,12,13). The zero-order valence-corrected chi connectivity index (χ0v) is 8.62. The number of aliphatic hydroxyl groups is 1. The maximum absolute atomic E-state index is 10.7. The molecule has 0 aliphatic heterocycles. The highest BCUT2D eigenvalue weighted by Crippen LogP contribution is 2.20. The van der Waals surface area contributed by atoms with Crippen molar-refractivity contribution < 1.29 is 15.0 Å². The minimum absolute atomic E-state index is 0.367. The smallest absolute Gasteiger partial charge is 0.313 e. The van der Waals surface area contributed by atoms with Gasteiger partial charge in [-0.25, -0.2) is 0 Å². The van der Waals surface area contributed by atoms with E-state index in [-0.39, 0.29) is 6.61 Å². The molecule has 0 aromatic heterocycles. The monoisotopic (exact) mass is 212 g/mol. The fraction of sp³-hybridized carbons (Fsp3) is 0.300. The molecule has 0 saturated carbocycles. The summed E-state index contributed by atoms with van der Waals surface area (Å²) in [7, 11) is 0. The van der Waals surface area contributed by atoms with Crippen molar-refractivity contribution in [3.8, 4) is 0 Å². The van der Waals surface area contributed by atoms with Gasteiger partial charge in [-0.05, 0) is 24.0 Å². The molecule has 0 aliphatic carbocycles. The summed E-state index contributed by atoms with van der Waals surface area (Å²) < 4.78 is 0. The molecule has 2 N–H and O–H groups in total. The van der Waals surface area contributed by atoms with Gasteiger partial charge >= 0.3 is 5.97 Å². The highest BCUT2D eigenvalue weighted by Gasteiger charge is 2.17. The molecule has 0 saturated heterocycles. The molecule has 0 aliphatic rings. The van der Waals surface area contributed by atoms with Gasteiger partial charge in [-0.15, -0.1) is 11.8 Å². The van der Waals surface area contributed by atoms with E-state index in [1.807, 2.05) is 18.4 Å². The maximum Gasteiger partial charge on any atom is 0.313 e. The molecule has 4 heteroatoms. The third-order valence-corrected chi connectivity index (χ3v) is 2.74. The van der Waals surface area contributed by atoms with Crippen LogP contribution in [0.3, 0.4) is 0 Å². The number of aliphatic hydroxyl groups excluding tert-OH is 1. The fourth-order valence-electron chi connectivity index (χ4n) is 1.16. The van der Waals surface area contributed by atoms with Gasteiger partial charge in [0.1, 0.15) is 5.92 Å². The fourth-order valence-corrected chi connectivity index (χ4v) is 1.57. The van der Waals surface area contributed by atoms with E-state index in [1.54, 1.807) is 23.9 Å². The second kappa shape index (κ2) is 5.02. The first-order chi connectivity index (χ1) is 6.69. The largest absolute Gasteiger partial charge is 0.481 e. The van der Waals surface area contributed by atoms with Crippen molar-refractivity contribution in [1.82, 2.24) is 0 Å². The van der Waals surface area contributed by atoms with Crippen LogP contribution in [0.4, 0.5) is 0 Å². The van der Waals surface area contributed by atoms with E-state index in [1.165, 1.54) is 0 Å². The van der Waals surface area contributed by atoms with Gasteiger partial charge in [-0.2, -0.15) is 0 Å². The summed E-state index contributed by atoms with van der Waals surface area (Å²) >= 11 is 1.60. The Kier molecular flexibility index (Phi) is 3.98. The van der Waals surface area contributed by atoms with Crippen LogP contribution in [0.2, 0.25) is 0 Å². The highest BCUT2D eigenvalue weighted by molar-refractivity contribution is 7.98. The number of rotatable bonds is 4. The average Bonchev–Trinajstić information content (AvgIpc) is 2.19. The van der Waals surface area contributed by atoms with Crippen molar-refractivity contribution >= 4 is 17.7 Å². The van der Waals surface area contributed by atoms with Crippen molar-refractivity contribution in [1.29, 1.82) is 0 Å². The summed E-state index contributed by atoms with van der Waals surface area (Å²) in [5.74, 6) is -1.81. The van der Waals surface area contributed by atoms with E-state index < -0.39 is 11.9 Å². The Balaban J connectivity index is 2.89. The average molecular weight is 212 g/mol. The minimum Gasteiger partial charge on any atom is -0.481 e.